The molecule has 6 nitrogen and oxygen atoms in total. The van der Waals surface area contributed by atoms with E-state index >= 15 is 0 Å². The summed E-state index contributed by atoms with van der Waals surface area (Å²) < 4.78 is 28.9. The lowest BCUT2D eigenvalue weighted by molar-refractivity contribution is -0.123. The fourth-order valence-electron chi connectivity index (χ4n) is 3.14. The van der Waals surface area contributed by atoms with Gasteiger partial charge in [0.1, 0.15) is 12.4 Å². The third-order valence-electron chi connectivity index (χ3n) is 4.29. The van der Waals surface area contributed by atoms with Crippen molar-refractivity contribution in [2.45, 2.75) is 32.7 Å². The SMILES string of the molecule is Cc1cc(C)cc(OCCN(C)CC(=O)NC2(C)CCS(=O)(=O)C2)c1. The van der Waals surface area contributed by atoms with E-state index in [4.69, 9.17) is 4.74 Å². The van der Waals surface area contributed by atoms with Gasteiger partial charge in [-0.3, -0.25) is 9.69 Å². The second kappa shape index (κ2) is 7.74. The van der Waals surface area contributed by atoms with E-state index in [0.717, 1.165) is 16.9 Å². The molecule has 1 unspecified atom stereocenters. The van der Waals surface area contributed by atoms with Crippen molar-refractivity contribution >= 4 is 15.7 Å². The number of hydrogen-bond donors (Lipinski definition) is 1. The van der Waals surface area contributed by atoms with Crippen LogP contribution < -0.4 is 10.1 Å². The highest BCUT2D eigenvalue weighted by atomic mass is 32.2. The molecule has 0 bridgehead atoms. The Morgan fingerprint density at radius 2 is 1.92 bits per heavy atom. The van der Waals surface area contributed by atoms with Gasteiger partial charge in [-0.15, -0.1) is 0 Å². The molecular weight excluding hydrogens is 340 g/mol. The van der Waals surface area contributed by atoms with Crippen molar-refractivity contribution in [3.05, 3.63) is 29.3 Å². The van der Waals surface area contributed by atoms with Gasteiger partial charge in [0.05, 0.1) is 23.6 Å². The first-order chi connectivity index (χ1) is 11.6. The molecule has 0 aromatic heterocycles. The Kier molecular flexibility index (Phi) is 6.11. The van der Waals surface area contributed by atoms with Crippen LogP contribution in [0.2, 0.25) is 0 Å². The number of carbonyl (C=O) groups is 1. The fraction of sp³-hybridized carbons (Fsp3) is 0.611. The van der Waals surface area contributed by atoms with Crippen LogP contribution in [0.4, 0.5) is 0 Å². The Balaban J connectivity index is 1.74. The molecular formula is C18H28N2O4S. The number of aryl methyl sites for hydroxylation is 2. The quantitative estimate of drug-likeness (QED) is 0.785. The summed E-state index contributed by atoms with van der Waals surface area (Å²) >= 11 is 0. The molecule has 1 amide bonds. The predicted octanol–water partition coefficient (Wildman–Crippen LogP) is 1.31. The summed E-state index contributed by atoms with van der Waals surface area (Å²) in [5, 5.41) is 2.86. The monoisotopic (exact) mass is 368 g/mol. The summed E-state index contributed by atoms with van der Waals surface area (Å²) in [4.78, 5) is 14.0. The van der Waals surface area contributed by atoms with E-state index < -0.39 is 15.4 Å². The third-order valence-corrected chi connectivity index (χ3v) is 6.20. The first-order valence-electron chi connectivity index (χ1n) is 8.48. The Labute approximate surface area is 150 Å². The van der Waals surface area contributed by atoms with E-state index in [9.17, 15) is 13.2 Å². The van der Waals surface area contributed by atoms with E-state index in [2.05, 4.69) is 11.4 Å². The van der Waals surface area contributed by atoms with Crippen LogP contribution >= 0.6 is 0 Å². The Morgan fingerprint density at radius 3 is 2.48 bits per heavy atom. The predicted molar refractivity (Wildman–Crippen MR) is 98.7 cm³/mol. The largest absolute Gasteiger partial charge is 0.492 e. The fourth-order valence-corrected chi connectivity index (χ4v) is 5.24. The smallest absolute Gasteiger partial charge is 0.234 e. The average Bonchev–Trinajstić information content (AvgIpc) is 2.70. The molecule has 1 atom stereocenters. The number of ether oxygens (including phenoxy) is 1. The van der Waals surface area contributed by atoms with Crippen LogP contribution in [0.15, 0.2) is 18.2 Å². The molecule has 1 fully saturated rings. The first kappa shape index (κ1) is 19.7. The highest BCUT2D eigenvalue weighted by Crippen LogP contribution is 2.22. The lowest BCUT2D eigenvalue weighted by Crippen LogP contribution is -2.50. The molecule has 2 rings (SSSR count). The number of nitrogens with zero attached hydrogens (tertiary/aromatic N) is 1. The second-order valence-corrected chi connectivity index (χ2v) is 9.54. The number of sulfone groups is 1. The molecule has 7 heteroatoms. The molecule has 1 aromatic carbocycles. The van der Waals surface area contributed by atoms with Crippen LogP contribution in [-0.2, 0) is 14.6 Å². The van der Waals surface area contributed by atoms with Crippen molar-refractivity contribution in [1.29, 1.82) is 0 Å². The minimum absolute atomic E-state index is 0.0191. The van der Waals surface area contributed by atoms with E-state index in [0.29, 0.717) is 19.6 Å². The van der Waals surface area contributed by atoms with Gasteiger partial charge in [-0.05, 0) is 57.5 Å². The van der Waals surface area contributed by atoms with Crippen molar-refractivity contribution in [2.75, 3.05) is 38.2 Å². The highest BCUT2D eigenvalue weighted by molar-refractivity contribution is 7.91. The summed E-state index contributed by atoms with van der Waals surface area (Å²) in [5.74, 6) is 0.835. The number of carbonyl (C=O) groups excluding carboxylic acids is 1. The summed E-state index contributed by atoms with van der Waals surface area (Å²) in [6.45, 7) is 7.15. The lowest BCUT2D eigenvalue weighted by Gasteiger charge is -2.25. The molecule has 1 aromatic rings. The maximum Gasteiger partial charge on any atom is 0.234 e. The number of hydrogen-bond acceptors (Lipinski definition) is 5. The molecule has 1 heterocycles. The van der Waals surface area contributed by atoms with Crippen LogP contribution in [0.1, 0.15) is 24.5 Å². The topological polar surface area (TPSA) is 75.7 Å². The number of nitrogens with one attached hydrogen (secondary N) is 1. The van der Waals surface area contributed by atoms with E-state index in [1.54, 1.807) is 6.92 Å². The van der Waals surface area contributed by atoms with Crippen LogP contribution in [0.25, 0.3) is 0 Å². The second-order valence-electron chi connectivity index (χ2n) is 7.36. The van der Waals surface area contributed by atoms with E-state index in [1.165, 1.54) is 0 Å². The maximum atomic E-state index is 12.2. The summed E-state index contributed by atoms with van der Waals surface area (Å²) in [5.41, 5.74) is 1.66. The van der Waals surface area contributed by atoms with E-state index in [1.807, 2.05) is 37.9 Å². The van der Waals surface area contributed by atoms with Gasteiger partial charge in [-0.25, -0.2) is 8.42 Å². The molecule has 1 N–H and O–H groups in total. The number of benzene rings is 1. The number of likely N-dealkylation sites (N-methyl/N-ethyl adjacent to an activating group) is 1. The standard InChI is InChI=1S/C18H28N2O4S/c1-14-9-15(2)11-16(10-14)24-7-6-20(4)12-17(21)19-18(3)5-8-25(22,23)13-18/h9-11H,5-8,12-13H2,1-4H3,(H,19,21). The summed E-state index contributed by atoms with van der Waals surface area (Å²) in [6, 6.07) is 6.06. The van der Waals surface area contributed by atoms with Crippen molar-refractivity contribution in [2.24, 2.45) is 0 Å². The maximum absolute atomic E-state index is 12.2. The molecule has 1 aliphatic heterocycles. The van der Waals surface area contributed by atoms with Gasteiger partial charge in [-0.2, -0.15) is 0 Å². The number of amides is 1. The lowest BCUT2D eigenvalue weighted by atomic mass is 10.0. The van der Waals surface area contributed by atoms with Crippen molar-refractivity contribution < 1.29 is 17.9 Å². The zero-order valence-electron chi connectivity index (χ0n) is 15.5. The molecule has 1 saturated heterocycles. The highest BCUT2D eigenvalue weighted by Gasteiger charge is 2.39. The molecule has 0 saturated carbocycles. The molecule has 0 spiro atoms. The van der Waals surface area contributed by atoms with Crippen molar-refractivity contribution in [1.82, 2.24) is 10.2 Å². The third kappa shape index (κ3) is 6.32. The van der Waals surface area contributed by atoms with Gasteiger partial charge in [0.2, 0.25) is 5.91 Å². The van der Waals surface area contributed by atoms with Crippen LogP contribution in [0, 0.1) is 13.8 Å². The van der Waals surface area contributed by atoms with Gasteiger partial charge < -0.3 is 10.1 Å². The zero-order valence-corrected chi connectivity index (χ0v) is 16.3. The summed E-state index contributed by atoms with van der Waals surface area (Å²) in [7, 11) is -1.18. The molecule has 140 valence electrons. The van der Waals surface area contributed by atoms with Gasteiger partial charge in [0.15, 0.2) is 9.84 Å². The normalized spacial score (nSPS) is 22.1. The Hall–Kier alpha value is -1.60. The van der Waals surface area contributed by atoms with Gasteiger partial charge in [0.25, 0.3) is 0 Å². The zero-order chi connectivity index (χ0) is 18.7. The van der Waals surface area contributed by atoms with Gasteiger partial charge >= 0.3 is 0 Å². The Morgan fingerprint density at radius 1 is 1.28 bits per heavy atom. The van der Waals surface area contributed by atoms with Gasteiger partial charge in [-0.1, -0.05) is 6.07 Å². The van der Waals surface area contributed by atoms with Crippen LogP contribution in [0.5, 0.6) is 5.75 Å². The van der Waals surface area contributed by atoms with Crippen LogP contribution in [0.3, 0.4) is 0 Å². The summed E-state index contributed by atoms with van der Waals surface area (Å²) in [6.07, 6.45) is 0.473. The molecule has 0 radical (unpaired) electrons. The minimum atomic E-state index is -3.03. The van der Waals surface area contributed by atoms with Crippen molar-refractivity contribution in [3.63, 3.8) is 0 Å². The van der Waals surface area contributed by atoms with Crippen molar-refractivity contribution in [3.8, 4) is 5.75 Å². The average molecular weight is 368 g/mol. The molecule has 0 aliphatic carbocycles. The van der Waals surface area contributed by atoms with Crippen LogP contribution in [-0.4, -0.2) is 63.0 Å². The minimum Gasteiger partial charge on any atom is -0.492 e. The Bertz CT molecular complexity index is 712. The van der Waals surface area contributed by atoms with Gasteiger partial charge in [0, 0.05) is 6.54 Å². The molecule has 1 aliphatic rings. The van der Waals surface area contributed by atoms with E-state index in [-0.39, 0.29) is 24.0 Å². The first-order valence-corrected chi connectivity index (χ1v) is 10.3. The molecule has 25 heavy (non-hydrogen) atoms. The number of rotatable bonds is 7.